The summed E-state index contributed by atoms with van der Waals surface area (Å²) in [6.07, 6.45) is 4.91. The van der Waals surface area contributed by atoms with Crippen molar-refractivity contribution < 1.29 is 4.79 Å². The first kappa shape index (κ1) is 10.0. The third-order valence-corrected chi connectivity index (χ3v) is 2.70. The molecule has 1 aromatic rings. The van der Waals surface area contributed by atoms with Gasteiger partial charge in [0.1, 0.15) is 0 Å². The molecule has 3 N–H and O–H groups in total. The van der Waals surface area contributed by atoms with Crippen molar-refractivity contribution in [3.8, 4) is 0 Å². The van der Waals surface area contributed by atoms with Crippen molar-refractivity contribution in [2.24, 2.45) is 5.73 Å². The summed E-state index contributed by atoms with van der Waals surface area (Å²) in [4.78, 5) is 11.6. The lowest BCUT2D eigenvalue weighted by atomic mass is 9.75. The predicted molar refractivity (Wildman–Crippen MR) is 56.0 cm³/mol. The van der Waals surface area contributed by atoms with Crippen LogP contribution in [0.15, 0.2) is 18.3 Å². The molecule has 0 atom stereocenters. The SMILES string of the molecule is NC1(CC(=O)Nc2cccnn2)CCC1. The molecule has 0 saturated heterocycles. The highest BCUT2D eigenvalue weighted by Crippen LogP contribution is 2.32. The molecule has 15 heavy (non-hydrogen) atoms. The van der Waals surface area contributed by atoms with Crippen LogP contribution in [-0.2, 0) is 4.79 Å². The van der Waals surface area contributed by atoms with Crippen LogP contribution in [0.4, 0.5) is 5.82 Å². The van der Waals surface area contributed by atoms with Crippen molar-refractivity contribution in [3.63, 3.8) is 0 Å². The summed E-state index contributed by atoms with van der Waals surface area (Å²) in [6.45, 7) is 0. The van der Waals surface area contributed by atoms with E-state index in [0.29, 0.717) is 12.2 Å². The molecular weight excluding hydrogens is 192 g/mol. The van der Waals surface area contributed by atoms with Crippen molar-refractivity contribution in [2.45, 2.75) is 31.2 Å². The van der Waals surface area contributed by atoms with E-state index in [1.54, 1.807) is 18.3 Å². The molecule has 1 aromatic heterocycles. The van der Waals surface area contributed by atoms with Crippen LogP contribution in [0.25, 0.3) is 0 Å². The zero-order valence-electron chi connectivity index (χ0n) is 8.44. The number of nitrogens with one attached hydrogen (secondary N) is 1. The van der Waals surface area contributed by atoms with E-state index in [2.05, 4.69) is 15.5 Å². The van der Waals surface area contributed by atoms with Crippen molar-refractivity contribution >= 4 is 11.7 Å². The molecule has 1 fully saturated rings. The highest BCUT2D eigenvalue weighted by molar-refractivity contribution is 5.90. The summed E-state index contributed by atoms with van der Waals surface area (Å²) in [5, 5.41) is 10.1. The molecule has 1 aliphatic carbocycles. The Morgan fingerprint density at radius 2 is 2.40 bits per heavy atom. The molecular formula is C10H14N4O. The number of hydrogen-bond acceptors (Lipinski definition) is 4. The Hall–Kier alpha value is -1.49. The monoisotopic (exact) mass is 206 g/mol. The average molecular weight is 206 g/mol. The van der Waals surface area contributed by atoms with E-state index in [-0.39, 0.29) is 11.4 Å². The van der Waals surface area contributed by atoms with Gasteiger partial charge in [-0.3, -0.25) is 4.79 Å². The highest BCUT2D eigenvalue weighted by atomic mass is 16.1. The highest BCUT2D eigenvalue weighted by Gasteiger charge is 2.34. The molecule has 5 heteroatoms. The molecule has 80 valence electrons. The maximum Gasteiger partial charge on any atom is 0.227 e. The summed E-state index contributed by atoms with van der Waals surface area (Å²) in [5.74, 6) is 0.392. The molecule has 1 amide bonds. The largest absolute Gasteiger partial charge is 0.325 e. The number of nitrogens with two attached hydrogens (primary N) is 1. The van der Waals surface area contributed by atoms with E-state index < -0.39 is 0 Å². The number of hydrogen-bond donors (Lipinski definition) is 2. The van der Waals surface area contributed by atoms with Crippen LogP contribution >= 0.6 is 0 Å². The second-order valence-electron chi connectivity index (χ2n) is 4.05. The Labute approximate surface area is 88.1 Å². The minimum absolute atomic E-state index is 0.0855. The molecule has 0 aromatic carbocycles. The summed E-state index contributed by atoms with van der Waals surface area (Å²) >= 11 is 0. The van der Waals surface area contributed by atoms with E-state index in [1.807, 2.05) is 0 Å². The van der Waals surface area contributed by atoms with Gasteiger partial charge in [-0.15, -0.1) is 5.10 Å². The van der Waals surface area contributed by atoms with Crippen LogP contribution in [0.1, 0.15) is 25.7 Å². The Kier molecular flexibility index (Phi) is 2.64. The van der Waals surface area contributed by atoms with Crippen molar-refractivity contribution in [1.82, 2.24) is 10.2 Å². The number of anilines is 1. The standard InChI is InChI=1S/C10H14N4O/c11-10(4-2-5-10)7-9(15)13-8-3-1-6-12-14-8/h1,3,6H,2,4-5,7,11H2,(H,13,14,15). The van der Waals surface area contributed by atoms with Crippen molar-refractivity contribution in [2.75, 3.05) is 5.32 Å². The van der Waals surface area contributed by atoms with Gasteiger partial charge in [0.05, 0.1) is 0 Å². The number of rotatable bonds is 3. The molecule has 0 unspecified atom stereocenters. The average Bonchev–Trinajstić information content (AvgIpc) is 2.16. The number of carbonyl (C=O) groups is 1. The van der Waals surface area contributed by atoms with Gasteiger partial charge in [0.2, 0.25) is 5.91 Å². The third kappa shape index (κ3) is 2.50. The quantitative estimate of drug-likeness (QED) is 0.762. The van der Waals surface area contributed by atoms with Gasteiger partial charge in [-0.25, -0.2) is 0 Å². The van der Waals surface area contributed by atoms with Crippen LogP contribution in [0, 0.1) is 0 Å². The van der Waals surface area contributed by atoms with Gasteiger partial charge < -0.3 is 11.1 Å². The first-order valence-electron chi connectivity index (χ1n) is 5.04. The topological polar surface area (TPSA) is 80.9 Å². The molecule has 0 aliphatic heterocycles. The fourth-order valence-corrected chi connectivity index (χ4v) is 1.68. The van der Waals surface area contributed by atoms with Crippen LogP contribution in [0.5, 0.6) is 0 Å². The fourth-order valence-electron chi connectivity index (χ4n) is 1.68. The van der Waals surface area contributed by atoms with Crippen LogP contribution < -0.4 is 11.1 Å². The summed E-state index contributed by atoms with van der Waals surface area (Å²) in [6, 6.07) is 3.43. The van der Waals surface area contributed by atoms with Gasteiger partial charge in [0.15, 0.2) is 5.82 Å². The van der Waals surface area contributed by atoms with Gasteiger partial charge in [0, 0.05) is 18.2 Å². The molecule has 5 nitrogen and oxygen atoms in total. The molecule has 0 bridgehead atoms. The lowest BCUT2D eigenvalue weighted by Gasteiger charge is -2.37. The fraction of sp³-hybridized carbons (Fsp3) is 0.500. The summed E-state index contributed by atoms with van der Waals surface area (Å²) in [5.41, 5.74) is 5.68. The molecule has 2 rings (SSSR count). The third-order valence-electron chi connectivity index (χ3n) is 2.70. The number of carbonyl (C=O) groups excluding carboxylic acids is 1. The van der Waals surface area contributed by atoms with Gasteiger partial charge in [-0.2, -0.15) is 5.10 Å². The maximum atomic E-state index is 11.6. The Morgan fingerprint density at radius 1 is 1.60 bits per heavy atom. The Balaban J connectivity index is 1.87. The lowest BCUT2D eigenvalue weighted by molar-refractivity contribution is -0.118. The number of amides is 1. The second-order valence-corrected chi connectivity index (χ2v) is 4.05. The van der Waals surface area contributed by atoms with E-state index in [9.17, 15) is 4.79 Å². The molecule has 1 heterocycles. The Bertz CT molecular complexity index is 348. The van der Waals surface area contributed by atoms with Gasteiger partial charge in [-0.1, -0.05) is 0 Å². The Morgan fingerprint density at radius 3 is 2.93 bits per heavy atom. The van der Waals surface area contributed by atoms with Crippen LogP contribution in [-0.4, -0.2) is 21.6 Å². The normalized spacial score (nSPS) is 17.9. The first-order valence-corrected chi connectivity index (χ1v) is 5.04. The minimum atomic E-state index is -0.285. The zero-order valence-corrected chi connectivity index (χ0v) is 8.44. The van der Waals surface area contributed by atoms with E-state index in [1.165, 1.54) is 0 Å². The molecule has 1 aliphatic rings. The minimum Gasteiger partial charge on any atom is -0.325 e. The molecule has 1 saturated carbocycles. The smallest absolute Gasteiger partial charge is 0.227 e. The van der Waals surface area contributed by atoms with Crippen LogP contribution in [0.3, 0.4) is 0 Å². The number of aromatic nitrogens is 2. The predicted octanol–water partition coefficient (Wildman–Crippen LogP) is 0.687. The van der Waals surface area contributed by atoms with Gasteiger partial charge >= 0.3 is 0 Å². The molecule has 0 spiro atoms. The van der Waals surface area contributed by atoms with E-state index in [4.69, 9.17) is 5.73 Å². The maximum absolute atomic E-state index is 11.6. The molecule has 0 radical (unpaired) electrons. The summed E-state index contributed by atoms with van der Waals surface area (Å²) in [7, 11) is 0. The zero-order chi connectivity index (χ0) is 10.7. The van der Waals surface area contributed by atoms with Gasteiger partial charge in [-0.05, 0) is 31.4 Å². The number of nitrogens with zero attached hydrogens (tertiary/aromatic N) is 2. The van der Waals surface area contributed by atoms with Crippen molar-refractivity contribution in [1.29, 1.82) is 0 Å². The van der Waals surface area contributed by atoms with E-state index >= 15 is 0 Å². The van der Waals surface area contributed by atoms with Gasteiger partial charge in [0.25, 0.3) is 0 Å². The van der Waals surface area contributed by atoms with E-state index in [0.717, 1.165) is 19.3 Å². The summed E-state index contributed by atoms with van der Waals surface area (Å²) < 4.78 is 0. The van der Waals surface area contributed by atoms with Crippen molar-refractivity contribution in [3.05, 3.63) is 18.3 Å². The second kappa shape index (κ2) is 3.94. The first-order chi connectivity index (χ1) is 7.18. The lowest BCUT2D eigenvalue weighted by Crippen LogP contribution is -2.48. The van der Waals surface area contributed by atoms with Crippen LogP contribution in [0.2, 0.25) is 0 Å².